The summed E-state index contributed by atoms with van der Waals surface area (Å²) in [7, 11) is 0. The van der Waals surface area contributed by atoms with E-state index in [9.17, 15) is 4.79 Å². The van der Waals surface area contributed by atoms with E-state index in [0.717, 1.165) is 5.56 Å². The van der Waals surface area contributed by atoms with E-state index in [1.165, 1.54) is 4.68 Å². The number of carbonyl (C=O) groups is 1. The van der Waals surface area contributed by atoms with Crippen LogP contribution in [0.25, 0.3) is 0 Å². The van der Waals surface area contributed by atoms with Gasteiger partial charge in [-0.2, -0.15) is 4.98 Å². The number of halogens is 1. The van der Waals surface area contributed by atoms with Gasteiger partial charge < -0.3 is 11.1 Å². The van der Waals surface area contributed by atoms with Gasteiger partial charge >= 0.3 is 0 Å². The van der Waals surface area contributed by atoms with Crippen molar-refractivity contribution < 1.29 is 4.79 Å². The molecule has 0 unspecified atom stereocenters. The molecule has 1 heterocycles. The van der Waals surface area contributed by atoms with Crippen LogP contribution < -0.4 is 11.1 Å². The molecule has 0 aliphatic rings. The summed E-state index contributed by atoms with van der Waals surface area (Å²) in [6.45, 7) is 0.569. The zero-order valence-electron chi connectivity index (χ0n) is 9.51. The van der Waals surface area contributed by atoms with Crippen LogP contribution in [-0.2, 0) is 17.9 Å². The molecule has 2 rings (SSSR count). The van der Waals surface area contributed by atoms with Crippen LogP contribution in [0.4, 0.5) is 5.95 Å². The maximum absolute atomic E-state index is 11.7. The number of hydrogen-bond acceptors (Lipinski definition) is 4. The normalized spacial score (nSPS) is 10.3. The fraction of sp³-hybridized carbons (Fsp3) is 0.182. The molecule has 0 aliphatic carbocycles. The van der Waals surface area contributed by atoms with Gasteiger partial charge in [-0.25, -0.2) is 4.68 Å². The molecule has 0 radical (unpaired) electrons. The fourth-order valence-electron chi connectivity index (χ4n) is 1.43. The molecule has 0 aliphatic heterocycles. The summed E-state index contributed by atoms with van der Waals surface area (Å²) in [5.74, 6) is -0.0119. The van der Waals surface area contributed by atoms with E-state index in [1.54, 1.807) is 0 Å². The average molecular weight is 310 g/mol. The predicted octanol–water partition coefficient (Wildman–Crippen LogP) is 0.939. The van der Waals surface area contributed by atoms with E-state index < -0.39 is 0 Å². The smallest absolute Gasteiger partial charge is 0.242 e. The van der Waals surface area contributed by atoms with E-state index in [-0.39, 0.29) is 18.4 Å². The number of benzene rings is 1. The molecule has 18 heavy (non-hydrogen) atoms. The first kappa shape index (κ1) is 12.6. The number of carbonyl (C=O) groups excluding carboxylic acids is 1. The minimum Gasteiger partial charge on any atom is -0.366 e. The van der Waals surface area contributed by atoms with E-state index in [1.807, 2.05) is 30.3 Å². The lowest BCUT2D eigenvalue weighted by Crippen LogP contribution is -2.27. The molecule has 1 aromatic heterocycles. The third-order valence-electron chi connectivity index (χ3n) is 2.27. The summed E-state index contributed by atoms with van der Waals surface area (Å²) >= 11 is 3.17. The Hall–Kier alpha value is -1.89. The number of aromatic nitrogens is 3. The van der Waals surface area contributed by atoms with Crippen molar-refractivity contribution in [2.45, 2.75) is 13.1 Å². The second-order valence-corrected chi connectivity index (χ2v) is 4.37. The van der Waals surface area contributed by atoms with Crippen LogP contribution >= 0.6 is 15.9 Å². The maximum atomic E-state index is 11.7. The highest BCUT2D eigenvalue weighted by Gasteiger charge is 2.09. The molecule has 0 atom stereocenters. The predicted molar refractivity (Wildman–Crippen MR) is 70.4 cm³/mol. The first-order valence-electron chi connectivity index (χ1n) is 5.31. The van der Waals surface area contributed by atoms with Crippen LogP contribution in [0.5, 0.6) is 0 Å². The van der Waals surface area contributed by atoms with E-state index >= 15 is 0 Å². The average Bonchev–Trinajstić information content (AvgIpc) is 2.67. The van der Waals surface area contributed by atoms with Crippen molar-refractivity contribution in [2.75, 3.05) is 5.73 Å². The molecule has 6 nitrogen and oxygen atoms in total. The Balaban J connectivity index is 1.88. The van der Waals surface area contributed by atoms with Gasteiger partial charge in [0.2, 0.25) is 11.9 Å². The molecule has 3 N–H and O–H groups in total. The molecule has 1 aromatic carbocycles. The Morgan fingerprint density at radius 3 is 2.72 bits per heavy atom. The van der Waals surface area contributed by atoms with Gasteiger partial charge in [0.15, 0.2) is 4.73 Å². The second-order valence-electron chi connectivity index (χ2n) is 3.66. The summed E-state index contributed by atoms with van der Waals surface area (Å²) in [5, 5.41) is 6.68. The molecule has 1 amide bonds. The number of nitrogen functional groups attached to an aromatic ring is 1. The monoisotopic (exact) mass is 309 g/mol. The number of nitrogens with one attached hydrogen (secondary N) is 1. The molecule has 0 saturated carbocycles. The summed E-state index contributed by atoms with van der Waals surface area (Å²) in [5.41, 5.74) is 6.46. The summed E-state index contributed by atoms with van der Waals surface area (Å²) in [6, 6.07) is 9.68. The molecule has 2 aromatic rings. The van der Waals surface area contributed by atoms with Gasteiger partial charge in [-0.05, 0) is 21.5 Å². The van der Waals surface area contributed by atoms with Crippen LogP contribution in [0.3, 0.4) is 0 Å². The highest BCUT2D eigenvalue weighted by Crippen LogP contribution is 2.07. The Kier molecular flexibility index (Phi) is 3.93. The molecular formula is C11H12BrN5O. The van der Waals surface area contributed by atoms with Gasteiger partial charge in [-0.15, -0.1) is 5.10 Å². The molecule has 0 fully saturated rings. The quantitative estimate of drug-likeness (QED) is 0.880. The van der Waals surface area contributed by atoms with Gasteiger partial charge in [0, 0.05) is 6.54 Å². The van der Waals surface area contributed by atoms with Gasteiger partial charge in [-0.3, -0.25) is 4.79 Å². The molecular weight excluding hydrogens is 298 g/mol. The number of anilines is 1. The first-order chi connectivity index (χ1) is 8.65. The second kappa shape index (κ2) is 5.63. The number of rotatable bonds is 4. The van der Waals surface area contributed by atoms with Crippen molar-refractivity contribution >= 4 is 27.8 Å². The van der Waals surface area contributed by atoms with Crippen molar-refractivity contribution in [1.29, 1.82) is 0 Å². The third-order valence-corrected chi connectivity index (χ3v) is 2.86. The van der Waals surface area contributed by atoms with E-state index in [0.29, 0.717) is 11.3 Å². The van der Waals surface area contributed by atoms with Gasteiger partial charge in [0.05, 0.1) is 0 Å². The third kappa shape index (κ3) is 3.30. The molecule has 0 saturated heterocycles. The lowest BCUT2D eigenvalue weighted by Gasteiger charge is -2.05. The van der Waals surface area contributed by atoms with E-state index in [2.05, 4.69) is 31.3 Å². The topological polar surface area (TPSA) is 85.8 Å². The minimum absolute atomic E-state index is 0.0810. The van der Waals surface area contributed by atoms with Gasteiger partial charge in [0.1, 0.15) is 6.54 Å². The van der Waals surface area contributed by atoms with Crippen molar-refractivity contribution in [3.8, 4) is 0 Å². The standard InChI is InChI=1S/C11H12BrN5O/c12-10-15-11(13)16-17(10)7-9(18)14-6-8-4-2-1-3-5-8/h1-5H,6-7H2,(H2,13,16)(H,14,18). The Labute approximate surface area is 112 Å². The molecule has 7 heteroatoms. The Morgan fingerprint density at radius 2 is 2.11 bits per heavy atom. The summed E-state index contributed by atoms with van der Waals surface area (Å²) in [4.78, 5) is 15.5. The van der Waals surface area contributed by atoms with Crippen LogP contribution in [0, 0.1) is 0 Å². The van der Waals surface area contributed by atoms with Gasteiger partial charge in [-0.1, -0.05) is 30.3 Å². The highest BCUT2D eigenvalue weighted by atomic mass is 79.9. The van der Waals surface area contributed by atoms with E-state index in [4.69, 9.17) is 5.73 Å². The summed E-state index contributed by atoms with van der Waals surface area (Å²) in [6.07, 6.45) is 0. The molecule has 94 valence electrons. The number of nitrogens with zero attached hydrogens (tertiary/aromatic N) is 3. The molecule has 0 bridgehead atoms. The van der Waals surface area contributed by atoms with Crippen molar-refractivity contribution in [2.24, 2.45) is 0 Å². The van der Waals surface area contributed by atoms with Gasteiger partial charge in [0.25, 0.3) is 0 Å². The van der Waals surface area contributed by atoms with Crippen LogP contribution in [0.15, 0.2) is 35.1 Å². The molecule has 0 spiro atoms. The number of hydrogen-bond donors (Lipinski definition) is 2. The largest absolute Gasteiger partial charge is 0.366 e. The Bertz CT molecular complexity index is 540. The van der Waals surface area contributed by atoms with Crippen LogP contribution in [0.1, 0.15) is 5.56 Å². The number of nitrogens with two attached hydrogens (primary N) is 1. The number of amides is 1. The van der Waals surface area contributed by atoms with Crippen LogP contribution in [-0.4, -0.2) is 20.7 Å². The SMILES string of the molecule is Nc1nc(Br)n(CC(=O)NCc2ccccc2)n1. The minimum atomic E-state index is -0.149. The van der Waals surface area contributed by atoms with Crippen LogP contribution in [0.2, 0.25) is 0 Å². The van der Waals surface area contributed by atoms with Crippen molar-refractivity contribution in [1.82, 2.24) is 20.1 Å². The fourth-order valence-corrected chi connectivity index (χ4v) is 1.81. The maximum Gasteiger partial charge on any atom is 0.242 e. The zero-order chi connectivity index (χ0) is 13.0. The van der Waals surface area contributed by atoms with Crippen molar-refractivity contribution in [3.63, 3.8) is 0 Å². The highest BCUT2D eigenvalue weighted by molar-refractivity contribution is 9.10. The van der Waals surface area contributed by atoms with Crippen molar-refractivity contribution in [3.05, 3.63) is 40.6 Å². The zero-order valence-corrected chi connectivity index (χ0v) is 11.1. The summed E-state index contributed by atoms with van der Waals surface area (Å²) < 4.78 is 1.84. The first-order valence-corrected chi connectivity index (χ1v) is 6.11. The lowest BCUT2D eigenvalue weighted by molar-refractivity contribution is -0.122. The lowest BCUT2D eigenvalue weighted by atomic mass is 10.2. The Morgan fingerprint density at radius 1 is 1.39 bits per heavy atom.